The van der Waals surface area contributed by atoms with Crippen LogP contribution in [0.1, 0.15) is 29.9 Å². The van der Waals surface area contributed by atoms with E-state index in [-0.39, 0.29) is 23.0 Å². The van der Waals surface area contributed by atoms with Gasteiger partial charge in [0, 0.05) is 44.6 Å². The fraction of sp³-hybridized carbons (Fsp3) is 0.474. The van der Waals surface area contributed by atoms with Gasteiger partial charge in [0.05, 0.1) is 12.0 Å². The Balaban J connectivity index is 1.87. The lowest BCUT2D eigenvalue weighted by Crippen LogP contribution is -2.51. The van der Waals surface area contributed by atoms with E-state index in [0.717, 1.165) is 5.69 Å². The number of carbonyl (C=O) groups is 2. The van der Waals surface area contributed by atoms with Crippen molar-refractivity contribution in [2.75, 3.05) is 32.8 Å². The van der Waals surface area contributed by atoms with Gasteiger partial charge in [0.1, 0.15) is 11.2 Å². The van der Waals surface area contributed by atoms with Gasteiger partial charge in [-0.1, -0.05) is 0 Å². The molecule has 1 fully saturated rings. The highest BCUT2D eigenvalue weighted by molar-refractivity contribution is 5.97. The van der Waals surface area contributed by atoms with E-state index in [1.807, 2.05) is 18.4 Å². The summed E-state index contributed by atoms with van der Waals surface area (Å²) in [7, 11) is 0. The first-order valence-corrected chi connectivity index (χ1v) is 9.18. The van der Waals surface area contributed by atoms with Crippen LogP contribution in [0.4, 0.5) is 4.79 Å². The Morgan fingerprint density at radius 3 is 2.41 bits per heavy atom. The van der Waals surface area contributed by atoms with Crippen LogP contribution in [0.2, 0.25) is 0 Å². The molecule has 0 N–H and O–H groups in total. The monoisotopic (exact) mass is 372 g/mol. The van der Waals surface area contributed by atoms with Crippen LogP contribution < -0.4 is 5.43 Å². The summed E-state index contributed by atoms with van der Waals surface area (Å²) >= 11 is 0. The molecule has 1 aliphatic rings. The predicted molar refractivity (Wildman–Crippen MR) is 101 cm³/mol. The lowest BCUT2D eigenvalue weighted by molar-refractivity contribution is 0.0569. The van der Waals surface area contributed by atoms with Crippen LogP contribution in [-0.4, -0.2) is 64.1 Å². The summed E-state index contributed by atoms with van der Waals surface area (Å²) in [6.07, 6.45) is 1.22. The molecule has 2 amide bonds. The number of aromatic nitrogens is 2. The SMILES string of the molecule is CCOC(=O)N1CCN(C(=O)c2cn(CC)c3nc(C)ccc3c2=O)CC1. The van der Waals surface area contributed by atoms with E-state index in [2.05, 4.69) is 4.98 Å². The second kappa shape index (κ2) is 7.77. The molecule has 0 unspecified atom stereocenters. The molecule has 0 aliphatic carbocycles. The number of carbonyl (C=O) groups excluding carboxylic acids is 2. The van der Waals surface area contributed by atoms with E-state index in [1.165, 1.54) is 0 Å². The average molecular weight is 372 g/mol. The zero-order valence-electron chi connectivity index (χ0n) is 15.9. The number of hydrogen-bond acceptors (Lipinski definition) is 5. The quantitative estimate of drug-likeness (QED) is 0.818. The lowest BCUT2D eigenvalue weighted by Gasteiger charge is -2.34. The number of ether oxygens (including phenoxy) is 1. The Kier molecular flexibility index (Phi) is 5.43. The highest BCUT2D eigenvalue weighted by Crippen LogP contribution is 2.13. The van der Waals surface area contributed by atoms with E-state index in [9.17, 15) is 14.4 Å². The molecule has 0 bridgehead atoms. The molecule has 0 saturated carbocycles. The fourth-order valence-electron chi connectivity index (χ4n) is 3.23. The first kappa shape index (κ1) is 18.9. The molecule has 144 valence electrons. The molecular weight excluding hydrogens is 348 g/mol. The molecule has 0 atom stereocenters. The maximum Gasteiger partial charge on any atom is 0.409 e. The summed E-state index contributed by atoms with van der Waals surface area (Å²) in [4.78, 5) is 45.3. The van der Waals surface area contributed by atoms with Crippen LogP contribution in [-0.2, 0) is 11.3 Å². The molecule has 2 aromatic rings. The van der Waals surface area contributed by atoms with Crippen molar-refractivity contribution in [2.24, 2.45) is 0 Å². The van der Waals surface area contributed by atoms with Gasteiger partial charge in [-0.25, -0.2) is 9.78 Å². The first-order chi connectivity index (χ1) is 13.0. The minimum atomic E-state index is -0.370. The summed E-state index contributed by atoms with van der Waals surface area (Å²) in [5, 5.41) is 0.443. The summed E-state index contributed by atoms with van der Waals surface area (Å²) < 4.78 is 6.82. The largest absolute Gasteiger partial charge is 0.450 e. The molecule has 3 rings (SSSR count). The second-order valence-corrected chi connectivity index (χ2v) is 6.46. The molecule has 0 spiro atoms. The topological polar surface area (TPSA) is 84.7 Å². The van der Waals surface area contributed by atoms with Crippen LogP contribution in [0.5, 0.6) is 0 Å². The third kappa shape index (κ3) is 3.65. The van der Waals surface area contributed by atoms with Crippen molar-refractivity contribution in [1.82, 2.24) is 19.4 Å². The zero-order valence-corrected chi connectivity index (χ0v) is 15.9. The van der Waals surface area contributed by atoms with Crippen molar-refractivity contribution in [3.05, 3.63) is 39.8 Å². The fourth-order valence-corrected chi connectivity index (χ4v) is 3.23. The molecule has 2 aromatic heterocycles. The van der Waals surface area contributed by atoms with Gasteiger partial charge in [-0.3, -0.25) is 9.59 Å². The number of piperazine rings is 1. The first-order valence-electron chi connectivity index (χ1n) is 9.18. The number of pyridine rings is 2. The summed E-state index contributed by atoms with van der Waals surface area (Å²) in [6.45, 7) is 8.00. The van der Waals surface area contributed by atoms with Gasteiger partial charge in [0.25, 0.3) is 5.91 Å². The molecule has 8 nitrogen and oxygen atoms in total. The Labute approximate surface area is 157 Å². The highest BCUT2D eigenvalue weighted by Gasteiger charge is 2.27. The van der Waals surface area contributed by atoms with Crippen molar-refractivity contribution >= 4 is 23.0 Å². The van der Waals surface area contributed by atoms with Gasteiger partial charge in [-0.05, 0) is 32.9 Å². The van der Waals surface area contributed by atoms with E-state index < -0.39 is 0 Å². The number of nitrogens with zero attached hydrogens (tertiary/aromatic N) is 4. The summed E-state index contributed by atoms with van der Waals surface area (Å²) in [5.74, 6) is -0.312. The minimum Gasteiger partial charge on any atom is -0.450 e. The minimum absolute atomic E-state index is 0.139. The molecule has 0 radical (unpaired) electrons. The zero-order chi connectivity index (χ0) is 19.6. The van der Waals surface area contributed by atoms with Crippen LogP contribution in [0.15, 0.2) is 23.1 Å². The molecule has 3 heterocycles. The number of hydrogen-bond donors (Lipinski definition) is 0. The number of fused-ring (bicyclic) bond motifs is 1. The third-order valence-electron chi connectivity index (χ3n) is 4.72. The maximum atomic E-state index is 13.0. The van der Waals surface area contributed by atoms with Gasteiger partial charge in [0.2, 0.25) is 5.43 Å². The number of aryl methyl sites for hydroxylation is 2. The Morgan fingerprint density at radius 1 is 1.11 bits per heavy atom. The van der Waals surface area contributed by atoms with Crippen LogP contribution in [0, 0.1) is 6.92 Å². The van der Waals surface area contributed by atoms with Crippen molar-refractivity contribution in [1.29, 1.82) is 0 Å². The molecule has 1 saturated heterocycles. The number of amides is 2. The van der Waals surface area contributed by atoms with Crippen LogP contribution in [0.3, 0.4) is 0 Å². The van der Waals surface area contributed by atoms with Crippen molar-refractivity contribution < 1.29 is 14.3 Å². The molecular formula is C19H24N4O4. The Morgan fingerprint density at radius 2 is 1.78 bits per heavy atom. The van der Waals surface area contributed by atoms with E-state index in [0.29, 0.717) is 50.4 Å². The maximum absolute atomic E-state index is 13.0. The number of rotatable bonds is 3. The average Bonchev–Trinajstić information content (AvgIpc) is 2.68. The Hall–Kier alpha value is -2.90. The van der Waals surface area contributed by atoms with Crippen molar-refractivity contribution in [2.45, 2.75) is 27.3 Å². The molecule has 27 heavy (non-hydrogen) atoms. The van der Waals surface area contributed by atoms with Gasteiger partial charge in [-0.2, -0.15) is 0 Å². The van der Waals surface area contributed by atoms with E-state index in [4.69, 9.17) is 4.74 Å². The standard InChI is InChI=1S/C19H24N4O4/c1-4-21-12-15(16(24)14-7-6-13(3)20-17(14)21)18(25)22-8-10-23(11-9-22)19(26)27-5-2/h6-7,12H,4-5,8-11H2,1-3H3. The molecule has 8 heteroatoms. The van der Waals surface area contributed by atoms with E-state index >= 15 is 0 Å². The molecule has 1 aliphatic heterocycles. The van der Waals surface area contributed by atoms with Crippen LogP contribution in [0.25, 0.3) is 11.0 Å². The van der Waals surface area contributed by atoms with Gasteiger partial charge < -0.3 is 19.1 Å². The third-order valence-corrected chi connectivity index (χ3v) is 4.72. The van der Waals surface area contributed by atoms with Crippen molar-refractivity contribution in [3.8, 4) is 0 Å². The second-order valence-electron chi connectivity index (χ2n) is 6.46. The van der Waals surface area contributed by atoms with E-state index in [1.54, 1.807) is 35.1 Å². The van der Waals surface area contributed by atoms with Gasteiger partial charge >= 0.3 is 6.09 Å². The van der Waals surface area contributed by atoms with Gasteiger partial charge in [-0.15, -0.1) is 0 Å². The smallest absolute Gasteiger partial charge is 0.409 e. The highest BCUT2D eigenvalue weighted by atomic mass is 16.6. The summed E-state index contributed by atoms with van der Waals surface area (Å²) in [6, 6.07) is 3.50. The Bertz CT molecular complexity index is 929. The lowest BCUT2D eigenvalue weighted by atomic mass is 10.1. The van der Waals surface area contributed by atoms with Gasteiger partial charge in [0.15, 0.2) is 0 Å². The predicted octanol–water partition coefficient (Wildman–Crippen LogP) is 1.64. The normalized spacial score (nSPS) is 14.5. The van der Waals surface area contributed by atoms with Crippen LogP contribution >= 0.6 is 0 Å². The van der Waals surface area contributed by atoms with Crippen molar-refractivity contribution in [3.63, 3.8) is 0 Å². The molecule has 0 aromatic carbocycles. The summed E-state index contributed by atoms with van der Waals surface area (Å²) in [5.41, 5.74) is 1.24.